The van der Waals surface area contributed by atoms with Gasteiger partial charge in [-0.1, -0.05) is 31.8 Å². The maximum atomic E-state index is 5.10. The molecule has 0 spiro atoms. The van der Waals surface area contributed by atoms with Gasteiger partial charge in [0.05, 0.1) is 12.2 Å². The molecule has 3 nitrogen and oxygen atoms in total. The van der Waals surface area contributed by atoms with E-state index in [1.807, 2.05) is 13.0 Å². The van der Waals surface area contributed by atoms with Crippen molar-refractivity contribution in [3.8, 4) is 0 Å². The van der Waals surface area contributed by atoms with Gasteiger partial charge in [0.2, 0.25) is 0 Å². The first-order valence-corrected chi connectivity index (χ1v) is 5.39. The van der Waals surface area contributed by atoms with Crippen molar-refractivity contribution < 1.29 is 4.52 Å². The summed E-state index contributed by atoms with van der Waals surface area (Å²) in [7, 11) is 0. The second kappa shape index (κ2) is 5.81. The summed E-state index contributed by atoms with van der Waals surface area (Å²) < 4.78 is 5.10. The number of rotatable bonds is 6. The summed E-state index contributed by atoms with van der Waals surface area (Å²) in [6, 6.07) is 1.97. The van der Waals surface area contributed by atoms with Crippen LogP contribution in [0, 0.1) is 12.8 Å². The first kappa shape index (κ1) is 11.2. The Morgan fingerprint density at radius 1 is 1.43 bits per heavy atom. The third-order valence-corrected chi connectivity index (χ3v) is 2.56. The van der Waals surface area contributed by atoms with Crippen molar-refractivity contribution in [1.29, 1.82) is 0 Å². The van der Waals surface area contributed by atoms with Crippen LogP contribution in [0.15, 0.2) is 10.6 Å². The summed E-state index contributed by atoms with van der Waals surface area (Å²) in [6.07, 6.45) is 2.47. The topological polar surface area (TPSA) is 38.1 Å². The maximum Gasteiger partial charge on any atom is 0.150 e. The number of hydrogen-bond acceptors (Lipinski definition) is 3. The Kier molecular flexibility index (Phi) is 4.66. The van der Waals surface area contributed by atoms with Crippen molar-refractivity contribution in [2.75, 3.05) is 6.54 Å². The molecule has 1 aromatic heterocycles. The van der Waals surface area contributed by atoms with E-state index in [9.17, 15) is 0 Å². The van der Waals surface area contributed by atoms with Crippen LogP contribution in [-0.4, -0.2) is 11.7 Å². The van der Waals surface area contributed by atoms with Crippen LogP contribution >= 0.6 is 0 Å². The predicted molar refractivity (Wildman–Crippen MR) is 57.0 cm³/mol. The molecule has 1 N–H and O–H groups in total. The second-order valence-electron chi connectivity index (χ2n) is 3.75. The second-order valence-corrected chi connectivity index (χ2v) is 3.75. The monoisotopic (exact) mass is 196 g/mol. The lowest BCUT2D eigenvalue weighted by Gasteiger charge is -2.11. The number of nitrogens with one attached hydrogen (secondary N) is 1. The third kappa shape index (κ3) is 3.50. The molecule has 0 atom stereocenters. The lowest BCUT2D eigenvalue weighted by Crippen LogP contribution is -2.21. The molecule has 1 rings (SSSR count). The van der Waals surface area contributed by atoms with E-state index in [1.165, 1.54) is 12.8 Å². The van der Waals surface area contributed by atoms with Gasteiger partial charge in [-0.15, -0.1) is 0 Å². The lowest BCUT2D eigenvalue weighted by atomic mass is 10.0. The Morgan fingerprint density at radius 3 is 2.64 bits per heavy atom. The maximum absolute atomic E-state index is 5.10. The third-order valence-electron chi connectivity index (χ3n) is 2.56. The van der Waals surface area contributed by atoms with Gasteiger partial charge in [0.25, 0.3) is 0 Å². The molecule has 3 heteroatoms. The molecule has 0 aliphatic heterocycles. The molecule has 0 unspecified atom stereocenters. The SMILES string of the molecule is CCC(CC)CNCc1cc(C)no1. The summed E-state index contributed by atoms with van der Waals surface area (Å²) in [5.41, 5.74) is 0.948. The van der Waals surface area contributed by atoms with Crippen LogP contribution < -0.4 is 5.32 Å². The molecular weight excluding hydrogens is 176 g/mol. The highest BCUT2D eigenvalue weighted by Crippen LogP contribution is 2.06. The van der Waals surface area contributed by atoms with Crippen molar-refractivity contribution in [3.05, 3.63) is 17.5 Å². The Labute approximate surface area is 85.9 Å². The zero-order valence-electron chi connectivity index (χ0n) is 9.34. The van der Waals surface area contributed by atoms with E-state index in [1.54, 1.807) is 0 Å². The van der Waals surface area contributed by atoms with Gasteiger partial charge in [-0.2, -0.15) is 0 Å². The van der Waals surface area contributed by atoms with Crippen LogP contribution in [-0.2, 0) is 6.54 Å². The van der Waals surface area contributed by atoms with Crippen molar-refractivity contribution in [1.82, 2.24) is 10.5 Å². The predicted octanol–water partition coefficient (Wildman–Crippen LogP) is 2.51. The minimum atomic E-state index is 0.777. The molecule has 1 aromatic rings. The zero-order chi connectivity index (χ0) is 10.4. The van der Waals surface area contributed by atoms with Crippen LogP contribution in [0.5, 0.6) is 0 Å². The van der Waals surface area contributed by atoms with Crippen molar-refractivity contribution in [3.63, 3.8) is 0 Å². The highest BCUT2D eigenvalue weighted by Gasteiger charge is 2.04. The molecule has 0 aliphatic carbocycles. The fraction of sp³-hybridized carbons (Fsp3) is 0.727. The molecule has 0 fully saturated rings. The van der Waals surface area contributed by atoms with Crippen LogP contribution in [0.2, 0.25) is 0 Å². The quantitative estimate of drug-likeness (QED) is 0.759. The van der Waals surface area contributed by atoms with E-state index in [4.69, 9.17) is 4.52 Å². The fourth-order valence-electron chi connectivity index (χ4n) is 1.48. The molecule has 0 radical (unpaired) electrons. The molecule has 0 aliphatic rings. The van der Waals surface area contributed by atoms with Gasteiger partial charge in [0, 0.05) is 6.07 Å². The van der Waals surface area contributed by atoms with Crippen molar-refractivity contribution in [2.45, 2.75) is 40.2 Å². The molecule has 1 heterocycles. The molecule has 0 saturated heterocycles. The van der Waals surface area contributed by atoms with Gasteiger partial charge in [-0.25, -0.2) is 0 Å². The average molecular weight is 196 g/mol. The minimum Gasteiger partial charge on any atom is -0.360 e. The highest BCUT2D eigenvalue weighted by atomic mass is 16.5. The van der Waals surface area contributed by atoms with Gasteiger partial charge in [-0.05, 0) is 19.4 Å². The number of nitrogens with zero attached hydrogens (tertiary/aromatic N) is 1. The van der Waals surface area contributed by atoms with E-state index in [2.05, 4.69) is 24.3 Å². The van der Waals surface area contributed by atoms with Gasteiger partial charge in [0.1, 0.15) is 0 Å². The van der Waals surface area contributed by atoms with Crippen molar-refractivity contribution >= 4 is 0 Å². The van der Waals surface area contributed by atoms with Crippen LogP contribution in [0.25, 0.3) is 0 Å². The smallest absolute Gasteiger partial charge is 0.150 e. The summed E-state index contributed by atoms with van der Waals surface area (Å²) in [6.45, 7) is 8.25. The Balaban J connectivity index is 2.21. The van der Waals surface area contributed by atoms with Gasteiger partial charge < -0.3 is 9.84 Å². The van der Waals surface area contributed by atoms with E-state index in [0.717, 1.165) is 30.5 Å². The molecule has 0 bridgehead atoms. The van der Waals surface area contributed by atoms with Crippen molar-refractivity contribution in [2.24, 2.45) is 5.92 Å². The van der Waals surface area contributed by atoms with Crippen LogP contribution in [0.3, 0.4) is 0 Å². The van der Waals surface area contributed by atoms with E-state index >= 15 is 0 Å². The summed E-state index contributed by atoms with van der Waals surface area (Å²) in [4.78, 5) is 0. The largest absolute Gasteiger partial charge is 0.360 e. The van der Waals surface area contributed by atoms with Crippen LogP contribution in [0.4, 0.5) is 0 Å². The zero-order valence-corrected chi connectivity index (χ0v) is 9.34. The molecule has 0 amide bonds. The molecule has 0 aromatic carbocycles. The van der Waals surface area contributed by atoms with E-state index < -0.39 is 0 Å². The van der Waals surface area contributed by atoms with Gasteiger partial charge in [-0.3, -0.25) is 0 Å². The first-order valence-electron chi connectivity index (χ1n) is 5.39. The Bertz CT molecular complexity index is 254. The normalized spacial score (nSPS) is 11.1. The highest BCUT2D eigenvalue weighted by molar-refractivity contribution is 5.02. The van der Waals surface area contributed by atoms with E-state index in [0.29, 0.717) is 0 Å². The average Bonchev–Trinajstić information content (AvgIpc) is 2.59. The summed E-state index contributed by atoms with van der Waals surface area (Å²) in [5.74, 6) is 1.70. The standard InChI is InChI=1S/C11H20N2O/c1-4-10(5-2)7-12-8-11-6-9(3)13-14-11/h6,10,12H,4-5,7-8H2,1-3H3. The number of aromatic nitrogens is 1. The van der Waals surface area contributed by atoms with E-state index in [-0.39, 0.29) is 0 Å². The Morgan fingerprint density at radius 2 is 2.14 bits per heavy atom. The molecule has 80 valence electrons. The first-order chi connectivity index (χ1) is 6.76. The summed E-state index contributed by atoms with van der Waals surface area (Å²) >= 11 is 0. The molecule has 0 saturated carbocycles. The minimum absolute atomic E-state index is 0.777. The van der Waals surface area contributed by atoms with Gasteiger partial charge in [0.15, 0.2) is 5.76 Å². The molecule has 14 heavy (non-hydrogen) atoms. The number of aryl methyl sites for hydroxylation is 1. The Hall–Kier alpha value is -0.830. The fourth-order valence-corrected chi connectivity index (χ4v) is 1.48. The summed E-state index contributed by atoms with van der Waals surface area (Å²) in [5, 5.41) is 7.22. The molecular formula is C11H20N2O. The van der Waals surface area contributed by atoms with Crippen LogP contribution in [0.1, 0.15) is 38.1 Å². The number of hydrogen-bond donors (Lipinski definition) is 1. The lowest BCUT2D eigenvalue weighted by molar-refractivity contribution is 0.359. The van der Waals surface area contributed by atoms with Gasteiger partial charge >= 0.3 is 0 Å².